The third kappa shape index (κ3) is 3.78. The highest BCUT2D eigenvalue weighted by Crippen LogP contribution is 2.34. The topological polar surface area (TPSA) is 71.6 Å². The second-order valence-corrected chi connectivity index (χ2v) is 6.51. The number of rotatable bonds is 5. The van der Waals surface area contributed by atoms with Crippen molar-refractivity contribution in [1.82, 2.24) is 20.4 Å². The fourth-order valence-corrected chi connectivity index (χ4v) is 3.25. The van der Waals surface area contributed by atoms with Crippen molar-refractivity contribution in [2.75, 3.05) is 46.5 Å². The number of likely N-dealkylation sites (N-methyl/N-ethyl adjacent to an activating group) is 1. The number of nitrogens with zero attached hydrogens (tertiary/aromatic N) is 2. The molecular weight excluding hydrogens is 320 g/mol. The number of fused-ring (bicyclic) bond motifs is 1. The lowest BCUT2D eigenvalue weighted by Crippen LogP contribution is -2.44. The normalized spacial score (nSPS) is 20.6. The predicted molar refractivity (Wildman–Crippen MR) is 94.0 cm³/mol. The van der Waals surface area contributed by atoms with E-state index >= 15 is 0 Å². The van der Waals surface area contributed by atoms with Gasteiger partial charge in [-0.3, -0.25) is 5.10 Å². The lowest BCUT2D eigenvalue weighted by molar-refractivity contribution is -0.0182. The molecule has 134 valence electrons. The fourth-order valence-electron chi connectivity index (χ4n) is 3.25. The number of aromatic nitrogens is 2. The van der Waals surface area contributed by atoms with Crippen LogP contribution in [0.15, 0.2) is 24.4 Å². The summed E-state index contributed by atoms with van der Waals surface area (Å²) in [7, 11) is 2.13. The molecule has 1 atom stereocenters. The second-order valence-electron chi connectivity index (χ2n) is 6.51. The van der Waals surface area contributed by atoms with Crippen molar-refractivity contribution >= 4 is 0 Å². The van der Waals surface area contributed by atoms with Crippen molar-refractivity contribution < 1.29 is 14.2 Å². The monoisotopic (exact) mass is 344 g/mol. The van der Waals surface area contributed by atoms with Gasteiger partial charge in [0.15, 0.2) is 11.5 Å². The van der Waals surface area contributed by atoms with Crippen LogP contribution in [0.1, 0.15) is 5.56 Å². The van der Waals surface area contributed by atoms with Gasteiger partial charge in [-0.1, -0.05) is 0 Å². The molecule has 0 unspecified atom stereocenters. The van der Waals surface area contributed by atoms with Gasteiger partial charge < -0.3 is 24.4 Å². The Bertz CT molecular complexity index is 718. The van der Waals surface area contributed by atoms with Gasteiger partial charge in [-0.05, 0) is 25.2 Å². The summed E-state index contributed by atoms with van der Waals surface area (Å²) in [6, 6.07) is 5.99. The summed E-state index contributed by atoms with van der Waals surface area (Å²) in [6.07, 6.45) is 2.11. The third-order valence-corrected chi connectivity index (χ3v) is 4.58. The van der Waals surface area contributed by atoms with Crippen LogP contribution in [0.5, 0.6) is 11.5 Å². The lowest BCUT2D eigenvalue weighted by atomic mass is 10.1. The molecule has 1 aromatic carbocycles. The van der Waals surface area contributed by atoms with E-state index in [1.54, 1.807) is 0 Å². The summed E-state index contributed by atoms with van der Waals surface area (Å²) in [6.45, 7) is 5.53. The third-order valence-electron chi connectivity index (χ3n) is 4.58. The van der Waals surface area contributed by atoms with Crippen molar-refractivity contribution in [3.63, 3.8) is 0 Å². The maximum Gasteiger partial charge on any atom is 0.162 e. The van der Waals surface area contributed by atoms with E-state index in [2.05, 4.69) is 27.5 Å². The summed E-state index contributed by atoms with van der Waals surface area (Å²) < 4.78 is 17.0. The second kappa shape index (κ2) is 7.43. The van der Waals surface area contributed by atoms with Gasteiger partial charge in [-0.25, -0.2) is 0 Å². The largest absolute Gasteiger partial charge is 0.486 e. The maximum atomic E-state index is 5.79. The van der Waals surface area contributed by atoms with Crippen molar-refractivity contribution in [1.29, 1.82) is 0 Å². The zero-order valence-electron chi connectivity index (χ0n) is 14.5. The average molecular weight is 344 g/mol. The van der Waals surface area contributed by atoms with Crippen LogP contribution < -0.4 is 14.8 Å². The predicted octanol–water partition coefficient (Wildman–Crippen LogP) is 1.27. The van der Waals surface area contributed by atoms with Crippen molar-refractivity contribution in [2.45, 2.75) is 12.6 Å². The Morgan fingerprint density at radius 1 is 1.24 bits per heavy atom. The number of H-pyrrole nitrogens is 1. The molecule has 2 aliphatic heterocycles. The molecule has 0 bridgehead atoms. The summed E-state index contributed by atoms with van der Waals surface area (Å²) in [5.41, 5.74) is 3.18. The maximum absolute atomic E-state index is 5.79. The van der Waals surface area contributed by atoms with E-state index in [4.69, 9.17) is 14.2 Å². The van der Waals surface area contributed by atoms with Gasteiger partial charge in [-0.15, -0.1) is 0 Å². The van der Waals surface area contributed by atoms with Crippen LogP contribution in [0, 0.1) is 0 Å². The van der Waals surface area contributed by atoms with Gasteiger partial charge in [0.2, 0.25) is 0 Å². The minimum absolute atomic E-state index is 0.239. The van der Waals surface area contributed by atoms with E-state index in [0.29, 0.717) is 13.2 Å². The van der Waals surface area contributed by atoms with E-state index in [1.807, 2.05) is 24.4 Å². The first-order valence-corrected chi connectivity index (χ1v) is 8.73. The zero-order valence-corrected chi connectivity index (χ0v) is 14.5. The molecule has 3 heterocycles. The molecule has 1 fully saturated rings. The highest BCUT2D eigenvalue weighted by Gasteiger charge is 2.18. The Hall–Kier alpha value is -2.09. The molecule has 4 rings (SSSR count). The Kier molecular flexibility index (Phi) is 4.87. The molecule has 0 radical (unpaired) electrons. The van der Waals surface area contributed by atoms with E-state index < -0.39 is 0 Å². The number of aromatic amines is 1. The van der Waals surface area contributed by atoms with Gasteiger partial charge in [0, 0.05) is 37.3 Å². The van der Waals surface area contributed by atoms with E-state index in [9.17, 15) is 0 Å². The van der Waals surface area contributed by atoms with Gasteiger partial charge in [0.25, 0.3) is 0 Å². The molecule has 2 aromatic rings. The van der Waals surface area contributed by atoms with E-state index in [0.717, 1.165) is 61.1 Å². The molecule has 1 aromatic heterocycles. The number of ether oxygens (including phenoxy) is 3. The van der Waals surface area contributed by atoms with Crippen LogP contribution in [0.2, 0.25) is 0 Å². The Balaban J connectivity index is 1.40. The molecule has 25 heavy (non-hydrogen) atoms. The molecule has 0 aliphatic carbocycles. The number of hydrogen-bond acceptors (Lipinski definition) is 6. The van der Waals surface area contributed by atoms with Crippen LogP contribution >= 0.6 is 0 Å². The Morgan fingerprint density at radius 3 is 3.00 bits per heavy atom. The fraction of sp³-hybridized carbons (Fsp3) is 0.500. The molecule has 2 N–H and O–H groups in total. The summed E-state index contributed by atoms with van der Waals surface area (Å²) in [4.78, 5) is 2.30. The summed E-state index contributed by atoms with van der Waals surface area (Å²) in [5.74, 6) is 1.59. The van der Waals surface area contributed by atoms with Crippen LogP contribution in [-0.2, 0) is 11.3 Å². The first-order chi connectivity index (χ1) is 12.3. The average Bonchev–Trinajstić information content (AvgIpc) is 3.10. The molecule has 0 amide bonds. The Labute approximate surface area is 147 Å². The lowest BCUT2D eigenvalue weighted by Gasteiger charge is -2.30. The van der Waals surface area contributed by atoms with Gasteiger partial charge in [0.1, 0.15) is 13.2 Å². The molecule has 7 nitrogen and oxygen atoms in total. The van der Waals surface area contributed by atoms with E-state index in [-0.39, 0.29) is 6.10 Å². The van der Waals surface area contributed by atoms with Gasteiger partial charge in [-0.2, -0.15) is 5.10 Å². The van der Waals surface area contributed by atoms with Crippen molar-refractivity contribution in [2.24, 2.45) is 0 Å². The smallest absolute Gasteiger partial charge is 0.162 e. The molecular formula is C18H24N4O3. The molecule has 0 spiro atoms. The highest BCUT2D eigenvalue weighted by molar-refractivity contribution is 5.66. The first-order valence-electron chi connectivity index (χ1n) is 8.73. The molecule has 0 saturated carbocycles. The number of hydrogen-bond donors (Lipinski definition) is 2. The SMILES string of the molecule is CN1CCO[C@@H](CNCc2cn[nH]c2-c2ccc3c(c2)OCCO3)C1. The van der Waals surface area contributed by atoms with Crippen LogP contribution in [0.4, 0.5) is 0 Å². The summed E-state index contributed by atoms with van der Waals surface area (Å²) in [5, 5.41) is 10.8. The Morgan fingerprint density at radius 2 is 2.12 bits per heavy atom. The van der Waals surface area contributed by atoms with Gasteiger partial charge in [0.05, 0.1) is 24.6 Å². The van der Waals surface area contributed by atoms with Crippen LogP contribution in [0.3, 0.4) is 0 Å². The number of morpholine rings is 1. The standard InChI is InChI=1S/C18H24N4O3/c1-22-4-5-23-15(12-22)11-19-9-14-10-20-21-18(14)13-2-3-16-17(8-13)25-7-6-24-16/h2-3,8,10,15,19H,4-7,9,11-12H2,1H3,(H,20,21)/t15-/m0/s1. The van der Waals surface area contributed by atoms with Crippen LogP contribution in [0.25, 0.3) is 11.3 Å². The summed E-state index contributed by atoms with van der Waals surface area (Å²) >= 11 is 0. The van der Waals surface area contributed by atoms with Gasteiger partial charge >= 0.3 is 0 Å². The van der Waals surface area contributed by atoms with Crippen molar-refractivity contribution in [3.05, 3.63) is 30.0 Å². The minimum Gasteiger partial charge on any atom is -0.486 e. The first kappa shape index (κ1) is 16.4. The molecule has 1 saturated heterocycles. The number of benzene rings is 1. The molecule has 7 heteroatoms. The number of nitrogens with one attached hydrogen (secondary N) is 2. The quantitative estimate of drug-likeness (QED) is 0.851. The van der Waals surface area contributed by atoms with E-state index in [1.165, 1.54) is 0 Å². The van der Waals surface area contributed by atoms with Crippen LogP contribution in [-0.4, -0.2) is 67.7 Å². The zero-order chi connectivity index (χ0) is 17.1. The minimum atomic E-state index is 0.239. The molecule has 2 aliphatic rings. The van der Waals surface area contributed by atoms with Crippen molar-refractivity contribution in [3.8, 4) is 22.8 Å². The highest BCUT2D eigenvalue weighted by atomic mass is 16.6.